The highest BCUT2D eigenvalue weighted by Gasteiger charge is 2.19. The number of rotatable bonds is 6. The fourth-order valence-corrected chi connectivity index (χ4v) is 3.15. The Bertz CT molecular complexity index is 815. The fourth-order valence-electron chi connectivity index (χ4n) is 3.15. The third-order valence-corrected chi connectivity index (χ3v) is 4.68. The normalized spacial score (nSPS) is 14.1. The van der Waals surface area contributed by atoms with Crippen molar-refractivity contribution in [1.82, 2.24) is 0 Å². The van der Waals surface area contributed by atoms with E-state index in [1.807, 2.05) is 37.3 Å². The maximum Gasteiger partial charge on any atom is 0.255 e. The number of piperidine rings is 1. The summed E-state index contributed by atoms with van der Waals surface area (Å²) >= 11 is 0. The molecule has 0 spiro atoms. The third kappa shape index (κ3) is 4.67. The van der Waals surface area contributed by atoms with Crippen molar-refractivity contribution in [3.63, 3.8) is 0 Å². The van der Waals surface area contributed by atoms with Crippen LogP contribution in [0.1, 0.15) is 48.5 Å². The molecule has 1 aliphatic rings. The van der Waals surface area contributed by atoms with E-state index in [-0.39, 0.29) is 11.8 Å². The molecule has 1 fully saturated rings. The van der Waals surface area contributed by atoms with Gasteiger partial charge in [-0.15, -0.1) is 0 Å². The van der Waals surface area contributed by atoms with Gasteiger partial charge < -0.3 is 15.0 Å². The number of hydrogen-bond acceptors (Lipinski definition) is 3. The summed E-state index contributed by atoms with van der Waals surface area (Å²) in [4.78, 5) is 26.4. The second kappa shape index (κ2) is 8.71. The molecule has 0 aliphatic carbocycles. The van der Waals surface area contributed by atoms with Crippen LogP contribution in [-0.2, 0) is 4.79 Å². The molecular weight excluding hydrogens is 340 g/mol. The SMILES string of the molecule is CCCOc1ccc(NC(=O)c2ccc(N3CCCCC3=O)cc2)c(C)c1. The molecule has 5 nitrogen and oxygen atoms in total. The molecule has 0 aromatic heterocycles. The second-order valence-electron chi connectivity index (χ2n) is 6.83. The number of carbonyl (C=O) groups is 2. The molecule has 0 bridgehead atoms. The van der Waals surface area contributed by atoms with Gasteiger partial charge in [-0.1, -0.05) is 6.92 Å². The van der Waals surface area contributed by atoms with Crippen LogP contribution < -0.4 is 15.0 Å². The van der Waals surface area contributed by atoms with Crippen molar-refractivity contribution in [2.24, 2.45) is 0 Å². The summed E-state index contributed by atoms with van der Waals surface area (Å²) in [6.45, 7) is 5.43. The molecule has 1 N–H and O–H groups in total. The Kier molecular flexibility index (Phi) is 6.12. The third-order valence-electron chi connectivity index (χ3n) is 4.68. The first-order valence-corrected chi connectivity index (χ1v) is 9.53. The van der Waals surface area contributed by atoms with Gasteiger partial charge in [0.05, 0.1) is 6.61 Å². The number of nitrogens with one attached hydrogen (secondary N) is 1. The van der Waals surface area contributed by atoms with Crippen LogP contribution in [0.5, 0.6) is 5.75 Å². The molecule has 142 valence electrons. The zero-order valence-corrected chi connectivity index (χ0v) is 16.0. The van der Waals surface area contributed by atoms with Gasteiger partial charge >= 0.3 is 0 Å². The van der Waals surface area contributed by atoms with Gasteiger partial charge in [0.1, 0.15) is 5.75 Å². The van der Waals surface area contributed by atoms with Gasteiger partial charge in [-0.05, 0) is 74.2 Å². The van der Waals surface area contributed by atoms with Crippen LogP contribution in [0.2, 0.25) is 0 Å². The molecule has 27 heavy (non-hydrogen) atoms. The molecule has 0 unspecified atom stereocenters. The van der Waals surface area contributed by atoms with Gasteiger partial charge in [-0.25, -0.2) is 0 Å². The fraction of sp³-hybridized carbons (Fsp3) is 0.364. The lowest BCUT2D eigenvalue weighted by molar-refractivity contribution is -0.119. The van der Waals surface area contributed by atoms with Gasteiger partial charge in [0.25, 0.3) is 5.91 Å². The number of amides is 2. The van der Waals surface area contributed by atoms with E-state index in [1.165, 1.54) is 0 Å². The van der Waals surface area contributed by atoms with Gasteiger partial charge in [0.15, 0.2) is 0 Å². The lowest BCUT2D eigenvalue weighted by Crippen LogP contribution is -2.35. The maximum atomic E-state index is 12.6. The maximum absolute atomic E-state index is 12.6. The number of hydrogen-bond donors (Lipinski definition) is 1. The molecule has 0 radical (unpaired) electrons. The van der Waals surface area contributed by atoms with Crippen LogP contribution in [0.4, 0.5) is 11.4 Å². The molecule has 2 aromatic rings. The van der Waals surface area contributed by atoms with Crippen LogP contribution in [0.3, 0.4) is 0 Å². The van der Waals surface area contributed by atoms with E-state index in [0.29, 0.717) is 18.6 Å². The quantitative estimate of drug-likeness (QED) is 0.816. The number of benzene rings is 2. The Morgan fingerprint density at radius 3 is 2.59 bits per heavy atom. The van der Waals surface area contributed by atoms with Gasteiger partial charge in [-0.3, -0.25) is 9.59 Å². The summed E-state index contributed by atoms with van der Waals surface area (Å²) in [5.41, 5.74) is 3.13. The molecule has 0 atom stereocenters. The molecule has 5 heteroatoms. The Labute approximate surface area is 160 Å². The lowest BCUT2D eigenvalue weighted by atomic mass is 10.1. The topological polar surface area (TPSA) is 58.6 Å². The number of carbonyl (C=O) groups excluding carboxylic acids is 2. The molecule has 2 aromatic carbocycles. The van der Waals surface area contributed by atoms with E-state index in [0.717, 1.165) is 48.5 Å². The van der Waals surface area contributed by atoms with Crippen LogP contribution in [0.15, 0.2) is 42.5 Å². The van der Waals surface area contributed by atoms with Crippen molar-refractivity contribution >= 4 is 23.2 Å². The molecule has 1 aliphatic heterocycles. The number of ether oxygens (including phenoxy) is 1. The Morgan fingerprint density at radius 1 is 1.15 bits per heavy atom. The van der Waals surface area contributed by atoms with E-state index in [4.69, 9.17) is 4.74 Å². The van der Waals surface area contributed by atoms with Crippen molar-refractivity contribution in [2.45, 2.75) is 39.5 Å². The summed E-state index contributed by atoms with van der Waals surface area (Å²) in [5.74, 6) is 0.791. The zero-order chi connectivity index (χ0) is 19.2. The first-order chi connectivity index (χ1) is 13.1. The monoisotopic (exact) mass is 366 g/mol. The predicted molar refractivity (Wildman–Crippen MR) is 108 cm³/mol. The van der Waals surface area contributed by atoms with Crippen LogP contribution >= 0.6 is 0 Å². The van der Waals surface area contributed by atoms with Crippen molar-refractivity contribution in [2.75, 3.05) is 23.4 Å². The van der Waals surface area contributed by atoms with Gasteiger partial charge in [-0.2, -0.15) is 0 Å². The van der Waals surface area contributed by atoms with E-state index in [9.17, 15) is 9.59 Å². The minimum Gasteiger partial charge on any atom is -0.494 e. The van der Waals surface area contributed by atoms with Crippen molar-refractivity contribution in [1.29, 1.82) is 0 Å². The average molecular weight is 366 g/mol. The molecule has 3 rings (SSSR count). The summed E-state index contributed by atoms with van der Waals surface area (Å²) in [6.07, 6.45) is 3.53. The number of aryl methyl sites for hydroxylation is 1. The molecular formula is C22H26N2O3. The Morgan fingerprint density at radius 2 is 1.93 bits per heavy atom. The second-order valence-corrected chi connectivity index (χ2v) is 6.83. The molecule has 2 amide bonds. The molecule has 1 heterocycles. The van der Waals surface area contributed by atoms with Crippen molar-refractivity contribution in [3.05, 3.63) is 53.6 Å². The molecule has 1 saturated heterocycles. The largest absolute Gasteiger partial charge is 0.494 e. The van der Waals surface area contributed by atoms with E-state index in [1.54, 1.807) is 17.0 Å². The van der Waals surface area contributed by atoms with E-state index in [2.05, 4.69) is 12.2 Å². The summed E-state index contributed by atoms with van der Waals surface area (Å²) in [5, 5.41) is 2.94. The smallest absolute Gasteiger partial charge is 0.255 e. The highest BCUT2D eigenvalue weighted by atomic mass is 16.5. The average Bonchev–Trinajstić information content (AvgIpc) is 2.68. The highest BCUT2D eigenvalue weighted by Crippen LogP contribution is 2.24. The summed E-state index contributed by atoms with van der Waals surface area (Å²) in [6, 6.07) is 12.9. The summed E-state index contributed by atoms with van der Waals surface area (Å²) < 4.78 is 5.62. The number of anilines is 2. The Balaban J connectivity index is 1.66. The van der Waals surface area contributed by atoms with Gasteiger partial charge in [0.2, 0.25) is 5.91 Å². The predicted octanol–water partition coefficient (Wildman–Crippen LogP) is 4.55. The standard InChI is InChI=1S/C22H26N2O3/c1-3-14-27-19-11-12-20(16(2)15-19)23-22(26)17-7-9-18(10-8-17)24-13-5-4-6-21(24)25/h7-12,15H,3-6,13-14H2,1-2H3,(H,23,26). The first-order valence-electron chi connectivity index (χ1n) is 9.53. The zero-order valence-electron chi connectivity index (χ0n) is 16.0. The Hall–Kier alpha value is -2.82. The summed E-state index contributed by atoms with van der Waals surface area (Å²) in [7, 11) is 0. The van der Waals surface area contributed by atoms with Crippen LogP contribution in [-0.4, -0.2) is 25.0 Å². The van der Waals surface area contributed by atoms with E-state index < -0.39 is 0 Å². The minimum atomic E-state index is -0.170. The van der Waals surface area contributed by atoms with Crippen LogP contribution in [0.25, 0.3) is 0 Å². The van der Waals surface area contributed by atoms with E-state index >= 15 is 0 Å². The van der Waals surface area contributed by atoms with Crippen molar-refractivity contribution < 1.29 is 14.3 Å². The van der Waals surface area contributed by atoms with Gasteiger partial charge in [0, 0.05) is 29.9 Å². The molecule has 0 saturated carbocycles. The first kappa shape index (κ1) is 19.0. The van der Waals surface area contributed by atoms with Crippen molar-refractivity contribution in [3.8, 4) is 5.75 Å². The highest BCUT2D eigenvalue weighted by molar-refractivity contribution is 6.05. The minimum absolute atomic E-state index is 0.152. The lowest BCUT2D eigenvalue weighted by Gasteiger charge is -2.26. The number of nitrogens with zero attached hydrogens (tertiary/aromatic N) is 1. The van der Waals surface area contributed by atoms with Crippen LogP contribution in [0, 0.1) is 6.92 Å².